The Kier molecular flexibility index (Phi) is 5.67. The Morgan fingerprint density at radius 1 is 1.31 bits per heavy atom. The number of H-pyrrole nitrogens is 2. The van der Waals surface area contributed by atoms with E-state index in [4.69, 9.17) is 4.74 Å². The number of aliphatic imine (C=N–C) groups is 1. The highest BCUT2D eigenvalue weighted by Gasteiger charge is 2.21. The molecular formula is C20H22N4O5. The molecule has 0 aliphatic heterocycles. The van der Waals surface area contributed by atoms with E-state index in [0.717, 1.165) is 27.2 Å². The van der Waals surface area contributed by atoms with Gasteiger partial charge in [-0.3, -0.25) is 19.3 Å². The number of esters is 1. The van der Waals surface area contributed by atoms with Gasteiger partial charge in [0.25, 0.3) is 5.56 Å². The average molecular weight is 398 g/mol. The molecule has 0 saturated heterocycles. The number of aromatic amines is 2. The van der Waals surface area contributed by atoms with E-state index in [1.807, 2.05) is 24.3 Å². The van der Waals surface area contributed by atoms with Gasteiger partial charge in [0.2, 0.25) is 5.88 Å². The van der Waals surface area contributed by atoms with Crippen LogP contribution < -0.4 is 11.2 Å². The zero-order chi connectivity index (χ0) is 21.1. The largest absolute Gasteiger partial charge is 0.494 e. The number of benzene rings is 1. The number of para-hydroxylation sites is 1. The highest BCUT2D eigenvalue weighted by Crippen LogP contribution is 2.20. The fourth-order valence-electron chi connectivity index (χ4n) is 3.15. The topological polar surface area (TPSA) is 130 Å². The monoisotopic (exact) mass is 398 g/mol. The summed E-state index contributed by atoms with van der Waals surface area (Å²) in [7, 11) is 1.25. The van der Waals surface area contributed by atoms with Crippen LogP contribution in [-0.4, -0.2) is 45.0 Å². The summed E-state index contributed by atoms with van der Waals surface area (Å²) < 4.78 is 5.87. The minimum atomic E-state index is -0.933. The van der Waals surface area contributed by atoms with Crippen molar-refractivity contribution in [1.82, 2.24) is 14.5 Å². The Morgan fingerprint density at radius 3 is 2.72 bits per heavy atom. The zero-order valence-corrected chi connectivity index (χ0v) is 16.3. The third-order valence-electron chi connectivity index (χ3n) is 4.61. The predicted molar refractivity (Wildman–Crippen MR) is 109 cm³/mol. The number of nitrogens with one attached hydrogen (secondary N) is 2. The van der Waals surface area contributed by atoms with Gasteiger partial charge in [-0.2, -0.15) is 0 Å². The van der Waals surface area contributed by atoms with E-state index < -0.39 is 29.1 Å². The normalized spacial score (nSPS) is 12.7. The van der Waals surface area contributed by atoms with Crippen molar-refractivity contribution >= 4 is 23.1 Å². The van der Waals surface area contributed by atoms with E-state index in [1.165, 1.54) is 7.11 Å². The molecule has 0 unspecified atom stereocenters. The molecule has 0 aliphatic rings. The highest BCUT2D eigenvalue weighted by atomic mass is 16.5. The lowest BCUT2D eigenvalue weighted by molar-refractivity contribution is -0.142. The van der Waals surface area contributed by atoms with Gasteiger partial charge in [0, 0.05) is 35.8 Å². The summed E-state index contributed by atoms with van der Waals surface area (Å²) in [5, 5.41) is 11.3. The zero-order valence-electron chi connectivity index (χ0n) is 16.3. The van der Waals surface area contributed by atoms with E-state index in [1.54, 1.807) is 20.0 Å². The lowest BCUT2D eigenvalue weighted by atomic mass is 10.1. The van der Waals surface area contributed by atoms with Gasteiger partial charge in [-0.15, -0.1) is 0 Å². The second-order valence-corrected chi connectivity index (χ2v) is 6.84. The first kappa shape index (κ1) is 20.1. The molecule has 3 rings (SSSR count). The number of aromatic nitrogens is 3. The highest BCUT2D eigenvalue weighted by molar-refractivity contribution is 5.87. The van der Waals surface area contributed by atoms with Gasteiger partial charge in [0.15, 0.2) is 6.04 Å². The van der Waals surface area contributed by atoms with E-state index in [9.17, 15) is 19.5 Å². The van der Waals surface area contributed by atoms with Crippen LogP contribution in [0.2, 0.25) is 0 Å². The molecule has 3 N–H and O–H groups in total. The lowest BCUT2D eigenvalue weighted by Gasteiger charge is -2.13. The minimum Gasteiger partial charge on any atom is -0.494 e. The number of hydrogen-bond donors (Lipinski definition) is 3. The first-order chi connectivity index (χ1) is 13.8. The van der Waals surface area contributed by atoms with Crippen molar-refractivity contribution in [2.45, 2.75) is 32.4 Å². The van der Waals surface area contributed by atoms with Gasteiger partial charge in [0.05, 0.1) is 7.11 Å². The summed E-state index contributed by atoms with van der Waals surface area (Å²) in [4.78, 5) is 45.8. The Labute approximate surface area is 165 Å². The molecule has 1 aromatic carbocycles. The fourth-order valence-corrected chi connectivity index (χ4v) is 3.15. The molecule has 152 valence electrons. The van der Waals surface area contributed by atoms with Crippen LogP contribution in [0.4, 0.5) is 0 Å². The number of nitrogens with zero attached hydrogens (tertiary/aromatic N) is 2. The van der Waals surface area contributed by atoms with Crippen LogP contribution in [0, 0.1) is 0 Å². The Balaban J connectivity index is 1.99. The summed E-state index contributed by atoms with van der Waals surface area (Å²) in [5.41, 5.74) is 0.0737. The molecule has 1 atom stereocenters. The number of fused-ring (bicyclic) bond motifs is 1. The summed E-state index contributed by atoms with van der Waals surface area (Å²) in [6.07, 6.45) is 3.12. The van der Waals surface area contributed by atoms with Gasteiger partial charge in [-0.1, -0.05) is 18.2 Å². The van der Waals surface area contributed by atoms with Crippen LogP contribution in [-0.2, 0) is 16.0 Å². The van der Waals surface area contributed by atoms with Crippen molar-refractivity contribution in [2.24, 2.45) is 4.99 Å². The van der Waals surface area contributed by atoms with Gasteiger partial charge in [0.1, 0.15) is 5.56 Å². The van der Waals surface area contributed by atoms with E-state index in [0.29, 0.717) is 0 Å². The number of methoxy groups -OCH3 is 1. The van der Waals surface area contributed by atoms with Crippen LogP contribution in [0.1, 0.15) is 31.0 Å². The number of carbonyl (C=O) groups is 1. The van der Waals surface area contributed by atoms with Crippen LogP contribution in [0.5, 0.6) is 5.88 Å². The number of ether oxygens (including phenoxy) is 1. The number of hydrogen-bond acceptors (Lipinski definition) is 6. The SMILES string of the molecule is COC(=O)[C@H](Cc1c[nH]c2ccccc12)N=Cc1c(O)n(C(C)C)c(=O)[nH]c1=O. The predicted octanol–water partition coefficient (Wildman–Crippen LogP) is 1.51. The van der Waals surface area contributed by atoms with Crippen molar-refractivity contribution in [3.05, 3.63) is 62.4 Å². The van der Waals surface area contributed by atoms with Crippen molar-refractivity contribution in [3.63, 3.8) is 0 Å². The second kappa shape index (κ2) is 8.17. The third-order valence-corrected chi connectivity index (χ3v) is 4.61. The standard InChI is InChI=1S/C20H22N4O5/c1-11(2)24-18(26)14(17(25)23-20(24)28)10-22-16(19(27)29-3)8-12-9-21-15-7-5-4-6-13(12)15/h4-7,9-11,16,21,26H,8H2,1-3H3,(H,23,25,28)/t16-/m0/s1. The maximum atomic E-state index is 12.2. The first-order valence-electron chi connectivity index (χ1n) is 9.07. The Hall–Kier alpha value is -3.62. The number of carbonyl (C=O) groups excluding carboxylic acids is 1. The van der Waals surface area contributed by atoms with Crippen molar-refractivity contribution in [2.75, 3.05) is 7.11 Å². The smallest absolute Gasteiger partial charge is 0.331 e. The van der Waals surface area contributed by atoms with Gasteiger partial charge in [-0.25, -0.2) is 9.59 Å². The maximum Gasteiger partial charge on any atom is 0.331 e. The summed E-state index contributed by atoms with van der Waals surface area (Å²) in [6.45, 7) is 3.38. The number of aromatic hydroxyl groups is 1. The van der Waals surface area contributed by atoms with Crippen molar-refractivity contribution in [3.8, 4) is 5.88 Å². The van der Waals surface area contributed by atoms with Gasteiger partial charge in [-0.05, 0) is 25.5 Å². The molecule has 9 nitrogen and oxygen atoms in total. The number of rotatable bonds is 6. The van der Waals surface area contributed by atoms with Crippen LogP contribution in [0.15, 0.2) is 45.0 Å². The molecule has 2 heterocycles. The molecule has 0 spiro atoms. The molecule has 2 aromatic heterocycles. The average Bonchev–Trinajstić information content (AvgIpc) is 3.08. The molecule has 3 aromatic rings. The summed E-state index contributed by atoms with van der Waals surface area (Å²) in [6, 6.07) is 6.32. The van der Waals surface area contributed by atoms with Gasteiger partial charge >= 0.3 is 11.7 Å². The molecule has 0 amide bonds. The Morgan fingerprint density at radius 2 is 2.03 bits per heavy atom. The van der Waals surface area contributed by atoms with Gasteiger partial charge < -0.3 is 14.8 Å². The van der Waals surface area contributed by atoms with E-state index in [-0.39, 0.29) is 18.0 Å². The fraction of sp³-hybridized carbons (Fsp3) is 0.300. The molecule has 9 heteroatoms. The molecule has 0 fully saturated rings. The third kappa shape index (κ3) is 3.98. The quantitative estimate of drug-likeness (QED) is 0.428. The molecular weight excluding hydrogens is 376 g/mol. The molecule has 0 saturated carbocycles. The second-order valence-electron chi connectivity index (χ2n) is 6.84. The molecule has 0 aliphatic carbocycles. The van der Waals surface area contributed by atoms with E-state index >= 15 is 0 Å². The Bertz CT molecular complexity index is 1190. The van der Waals surface area contributed by atoms with Crippen molar-refractivity contribution in [1.29, 1.82) is 0 Å². The minimum absolute atomic E-state index is 0.203. The van der Waals surface area contributed by atoms with Crippen LogP contribution in [0.25, 0.3) is 10.9 Å². The first-order valence-corrected chi connectivity index (χ1v) is 9.07. The van der Waals surface area contributed by atoms with Crippen LogP contribution in [0.3, 0.4) is 0 Å². The maximum absolute atomic E-state index is 12.2. The summed E-state index contributed by atoms with van der Waals surface area (Å²) in [5.74, 6) is -1.09. The molecule has 29 heavy (non-hydrogen) atoms. The summed E-state index contributed by atoms with van der Waals surface area (Å²) >= 11 is 0. The molecule has 0 bridgehead atoms. The van der Waals surface area contributed by atoms with Crippen LogP contribution >= 0.6 is 0 Å². The lowest BCUT2D eigenvalue weighted by Crippen LogP contribution is -2.33. The van der Waals surface area contributed by atoms with E-state index in [2.05, 4.69) is 15.0 Å². The van der Waals surface area contributed by atoms with Crippen molar-refractivity contribution < 1.29 is 14.6 Å². The molecule has 0 radical (unpaired) electrons.